The Bertz CT molecular complexity index is 774. The summed E-state index contributed by atoms with van der Waals surface area (Å²) < 4.78 is 30.1. The molecule has 6 nitrogen and oxygen atoms in total. The maximum atomic E-state index is 13.7. The molecule has 0 aromatic heterocycles. The Kier molecular flexibility index (Phi) is 10.4. The molecule has 1 unspecified atom stereocenters. The lowest BCUT2D eigenvalue weighted by molar-refractivity contribution is 0.214. The van der Waals surface area contributed by atoms with Gasteiger partial charge in [-0.15, -0.1) is 24.0 Å². The smallest absolute Gasteiger partial charge is 0.195 e. The van der Waals surface area contributed by atoms with E-state index < -0.39 is 0 Å². The van der Waals surface area contributed by atoms with Crippen LogP contribution in [0.1, 0.15) is 13.8 Å². The Hall–Kier alpha value is -2.23. The van der Waals surface area contributed by atoms with Gasteiger partial charge in [-0.2, -0.15) is 0 Å². The summed E-state index contributed by atoms with van der Waals surface area (Å²) in [4.78, 5) is 4.19. The number of halogens is 2. The third-order valence-corrected chi connectivity index (χ3v) is 3.67. The third kappa shape index (κ3) is 7.06. The number of hydrogen-bond donors (Lipinski definition) is 2. The highest BCUT2D eigenvalue weighted by Gasteiger charge is 2.10. The summed E-state index contributed by atoms with van der Waals surface area (Å²) in [5, 5.41) is 6.34. The zero-order chi connectivity index (χ0) is 19.6. The Morgan fingerprint density at radius 1 is 1.14 bits per heavy atom. The molecule has 0 aliphatic rings. The summed E-state index contributed by atoms with van der Waals surface area (Å²) in [5.74, 6) is 1.72. The fraction of sp³-hybridized carbons (Fsp3) is 0.350. The van der Waals surface area contributed by atoms with Crippen LogP contribution in [0.25, 0.3) is 0 Å². The number of para-hydroxylation sites is 1. The molecular formula is C20H27FIN3O3. The molecule has 0 spiro atoms. The fourth-order valence-electron chi connectivity index (χ4n) is 2.38. The van der Waals surface area contributed by atoms with Gasteiger partial charge in [0.1, 0.15) is 6.10 Å². The molecule has 1 atom stereocenters. The van der Waals surface area contributed by atoms with E-state index in [0.29, 0.717) is 30.6 Å². The normalized spacial score (nSPS) is 11.8. The Labute approximate surface area is 182 Å². The number of aliphatic imine (C=N–C) groups is 1. The lowest BCUT2D eigenvalue weighted by Crippen LogP contribution is -2.37. The zero-order valence-corrected chi connectivity index (χ0v) is 18.8. The van der Waals surface area contributed by atoms with Crippen molar-refractivity contribution in [3.05, 3.63) is 48.3 Å². The van der Waals surface area contributed by atoms with E-state index in [2.05, 4.69) is 15.6 Å². The number of benzene rings is 2. The topological polar surface area (TPSA) is 64.1 Å². The van der Waals surface area contributed by atoms with Gasteiger partial charge in [-0.25, -0.2) is 4.39 Å². The van der Waals surface area contributed by atoms with Crippen molar-refractivity contribution in [1.82, 2.24) is 5.32 Å². The van der Waals surface area contributed by atoms with E-state index in [1.165, 1.54) is 6.07 Å². The predicted molar refractivity (Wildman–Crippen MR) is 121 cm³/mol. The van der Waals surface area contributed by atoms with Crippen LogP contribution in [0.3, 0.4) is 0 Å². The minimum absolute atomic E-state index is 0. The number of anilines is 1. The third-order valence-electron chi connectivity index (χ3n) is 3.67. The quantitative estimate of drug-likeness (QED) is 0.320. The fourth-order valence-corrected chi connectivity index (χ4v) is 2.38. The molecule has 2 N–H and O–H groups in total. The summed E-state index contributed by atoms with van der Waals surface area (Å²) in [6.07, 6.45) is -0.254. The van der Waals surface area contributed by atoms with Gasteiger partial charge in [0.2, 0.25) is 0 Å². The number of ether oxygens (including phenoxy) is 3. The molecule has 0 saturated carbocycles. The molecular weight excluding hydrogens is 476 g/mol. The first-order chi connectivity index (χ1) is 13.1. The Balaban J connectivity index is 0.00000392. The van der Waals surface area contributed by atoms with Crippen LogP contribution < -0.4 is 24.8 Å². The summed E-state index contributed by atoms with van der Waals surface area (Å²) >= 11 is 0. The van der Waals surface area contributed by atoms with Crippen LogP contribution >= 0.6 is 24.0 Å². The molecule has 0 heterocycles. The summed E-state index contributed by atoms with van der Waals surface area (Å²) in [5.41, 5.74) is 0.801. The maximum Gasteiger partial charge on any atom is 0.195 e. The number of nitrogens with one attached hydrogen (secondary N) is 2. The second kappa shape index (κ2) is 12.3. The monoisotopic (exact) mass is 503 g/mol. The first-order valence-corrected chi connectivity index (χ1v) is 8.77. The molecule has 0 bridgehead atoms. The number of guanidine groups is 1. The molecule has 0 aliphatic heterocycles. The van der Waals surface area contributed by atoms with Crippen molar-refractivity contribution in [1.29, 1.82) is 0 Å². The van der Waals surface area contributed by atoms with Gasteiger partial charge in [0.05, 0.1) is 20.3 Å². The van der Waals surface area contributed by atoms with Crippen LogP contribution in [-0.2, 0) is 0 Å². The predicted octanol–water partition coefficient (Wildman–Crippen LogP) is 4.31. The van der Waals surface area contributed by atoms with Gasteiger partial charge in [-0.3, -0.25) is 4.99 Å². The van der Waals surface area contributed by atoms with Crippen LogP contribution in [-0.4, -0.2) is 39.4 Å². The lowest BCUT2D eigenvalue weighted by atomic mass is 10.2. The summed E-state index contributed by atoms with van der Waals surface area (Å²) in [6, 6.07) is 11.9. The van der Waals surface area contributed by atoms with Crippen LogP contribution in [0.2, 0.25) is 0 Å². The van der Waals surface area contributed by atoms with E-state index >= 15 is 0 Å². The van der Waals surface area contributed by atoms with Crippen molar-refractivity contribution < 1.29 is 18.6 Å². The molecule has 2 rings (SSSR count). The van der Waals surface area contributed by atoms with Gasteiger partial charge in [0.25, 0.3) is 0 Å². The standard InChI is InChI=1S/C20H26FN3O3.HI/c1-5-26-19-12-15(10-11-18(19)25-4)24-20(22-3)23-13-14(2)27-17-9-7-6-8-16(17)21;/h6-12,14H,5,13H2,1-4H3,(H2,22,23,24);1H. The van der Waals surface area contributed by atoms with Crippen LogP contribution in [0.15, 0.2) is 47.5 Å². The molecule has 0 saturated heterocycles. The number of rotatable bonds is 8. The van der Waals surface area contributed by atoms with Crippen molar-refractivity contribution >= 4 is 35.6 Å². The SMILES string of the molecule is CCOc1cc(NC(=NC)NCC(C)Oc2ccccc2F)ccc1OC.I. The largest absolute Gasteiger partial charge is 0.493 e. The highest BCUT2D eigenvalue weighted by molar-refractivity contribution is 14.0. The van der Waals surface area contributed by atoms with Gasteiger partial charge in [-0.05, 0) is 38.1 Å². The zero-order valence-electron chi connectivity index (χ0n) is 16.5. The van der Waals surface area contributed by atoms with Gasteiger partial charge in [-0.1, -0.05) is 12.1 Å². The van der Waals surface area contributed by atoms with E-state index in [9.17, 15) is 4.39 Å². The molecule has 8 heteroatoms. The molecule has 28 heavy (non-hydrogen) atoms. The van der Waals surface area contributed by atoms with Gasteiger partial charge < -0.3 is 24.8 Å². The van der Waals surface area contributed by atoms with Gasteiger partial charge in [0.15, 0.2) is 29.0 Å². The van der Waals surface area contributed by atoms with Gasteiger partial charge in [0, 0.05) is 18.8 Å². The lowest BCUT2D eigenvalue weighted by Gasteiger charge is -2.18. The van der Waals surface area contributed by atoms with E-state index in [1.807, 2.05) is 32.0 Å². The second-order valence-electron chi connectivity index (χ2n) is 5.74. The van der Waals surface area contributed by atoms with E-state index in [-0.39, 0.29) is 41.6 Å². The van der Waals surface area contributed by atoms with E-state index in [4.69, 9.17) is 14.2 Å². The Morgan fingerprint density at radius 3 is 2.54 bits per heavy atom. The molecule has 0 radical (unpaired) electrons. The molecule has 0 amide bonds. The minimum Gasteiger partial charge on any atom is -0.493 e. The molecule has 2 aromatic carbocycles. The van der Waals surface area contributed by atoms with Crippen LogP contribution in [0, 0.1) is 5.82 Å². The summed E-state index contributed by atoms with van der Waals surface area (Å²) in [7, 11) is 3.27. The number of methoxy groups -OCH3 is 1. The van der Waals surface area contributed by atoms with Crippen molar-refractivity contribution in [3.63, 3.8) is 0 Å². The number of hydrogen-bond acceptors (Lipinski definition) is 4. The highest BCUT2D eigenvalue weighted by atomic mass is 127. The van der Waals surface area contributed by atoms with Crippen molar-refractivity contribution in [3.8, 4) is 17.2 Å². The first-order valence-electron chi connectivity index (χ1n) is 8.77. The summed E-state index contributed by atoms with van der Waals surface area (Å²) in [6.45, 7) is 4.75. The van der Waals surface area contributed by atoms with Crippen LogP contribution in [0.4, 0.5) is 10.1 Å². The maximum absolute atomic E-state index is 13.7. The molecule has 154 valence electrons. The van der Waals surface area contributed by atoms with Crippen molar-refractivity contribution in [2.45, 2.75) is 20.0 Å². The molecule has 2 aromatic rings. The highest BCUT2D eigenvalue weighted by Crippen LogP contribution is 2.30. The van der Waals surface area contributed by atoms with Gasteiger partial charge >= 0.3 is 0 Å². The molecule has 0 fully saturated rings. The van der Waals surface area contributed by atoms with Crippen LogP contribution in [0.5, 0.6) is 17.2 Å². The second-order valence-corrected chi connectivity index (χ2v) is 5.74. The average Bonchev–Trinajstić information content (AvgIpc) is 2.67. The van der Waals surface area contributed by atoms with Crippen molar-refractivity contribution in [2.75, 3.05) is 32.6 Å². The first kappa shape index (κ1) is 23.8. The van der Waals surface area contributed by atoms with Crippen molar-refractivity contribution in [2.24, 2.45) is 4.99 Å². The Morgan fingerprint density at radius 2 is 1.89 bits per heavy atom. The van der Waals surface area contributed by atoms with E-state index in [0.717, 1.165) is 5.69 Å². The minimum atomic E-state index is -0.381. The van der Waals surface area contributed by atoms with E-state index in [1.54, 1.807) is 32.4 Å². The molecule has 0 aliphatic carbocycles. The average molecular weight is 503 g/mol. The number of nitrogens with zero attached hydrogens (tertiary/aromatic N) is 1.